The second kappa shape index (κ2) is 4.58. The highest BCUT2D eigenvalue weighted by Gasteiger charge is 2.10. The Morgan fingerprint density at radius 1 is 1.26 bits per heavy atom. The number of hydrogen-bond donors (Lipinski definition) is 1. The van der Waals surface area contributed by atoms with Crippen molar-refractivity contribution in [2.24, 2.45) is 0 Å². The Labute approximate surface area is 114 Å². The summed E-state index contributed by atoms with van der Waals surface area (Å²) in [5.41, 5.74) is 6.51. The zero-order valence-corrected chi connectivity index (χ0v) is 11.6. The van der Waals surface area contributed by atoms with Crippen LogP contribution in [0, 0.1) is 6.92 Å². The van der Waals surface area contributed by atoms with Gasteiger partial charge in [0.05, 0.1) is 0 Å². The van der Waals surface area contributed by atoms with Crippen LogP contribution < -0.4 is 10.6 Å². The van der Waals surface area contributed by atoms with Crippen molar-refractivity contribution in [3.8, 4) is 0 Å². The van der Waals surface area contributed by atoms with Gasteiger partial charge in [-0.05, 0) is 60.2 Å². The maximum Gasteiger partial charge on any atom is 0.0491 e. The highest BCUT2D eigenvalue weighted by atomic mass is 14.7. The number of aryl methyl sites for hydroxylation is 1. The van der Waals surface area contributed by atoms with Crippen molar-refractivity contribution in [2.45, 2.75) is 26.7 Å². The van der Waals surface area contributed by atoms with Gasteiger partial charge in [-0.2, -0.15) is 0 Å². The van der Waals surface area contributed by atoms with Crippen molar-refractivity contribution < 1.29 is 0 Å². The second-order valence-corrected chi connectivity index (χ2v) is 5.25. The highest BCUT2D eigenvalue weighted by molar-refractivity contribution is 5.67. The summed E-state index contributed by atoms with van der Waals surface area (Å²) in [4.78, 5) is 3.54. The summed E-state index contributed by atoms with van der Waals surface area (Å²) in [5.74, 6) is 0. The molecule has 0 fully saturated rings. The lowest BCUT2D eigenvalue weighted by atomic mass is 10.00. The van der Waals surface area contributed by atoms with Crippen LogP contribution in [0.3, 0.4) is 0 Å². The molecule has 1 N–H and O–H groups in total. The van der Waals surface area contributed by atoms with Crippen LogP contribution in [0.25, 0.3) is 18.2 Å². The van der Waals surface area contributed by atoms with Gasteiger partial charge in [0.25, 0.3) is 0 Å². The summed E-state index contributed by atoms with van der Waals surface area (Å²) in [5, 5.41) is 2.35. The van der Waals surface area contributed by atoms with E-state index < -0.39 is 0 Å². The largest absolute Gasteiger partial charge is 0.355 e. The lowest BCUT2D eigenvalue weighted by molar-refractivity contribution is 0.979. The van der Waals surface area contributed by atoms with Crippen molar-refractivity contribution in [3.05, 3.63) is 63.3 Å². The molecule has 1 heterocycles. The van der Waals surface area contributed by atoms with Gasteiger partial charge in [-0.1, -0.05) is 36.9 Å². The molecule has 3 rings (SSSR count). The Morgan fingerprint density at radius 2 is 2.05 bits per heavy atom. The van der Waals surface area contributed by atoms with Crippen LogP contribution in [0.5, 0.6) is 0 Å². The van der Waals surface area contributed by atoms with Crippen molar-refractivity contribution in [1.82, 2.24) is 4.98 Å². The molecule has 0 spiro atoms. The molecule has 96 valence electrons. The molecule has 1 aromatic heterocycles. The van der Waals surface area contributed by atoms with Gasteiger partial charge in [0.15, 0.2) is 0 Å². The van der Waals surface area contributed by atoms with Gasteiger partial charge >= 0.3 is 0 Å². The number of hydrogen-bond acceptors (Lipinski definition) is 0. The molecule has 2 aromatic rings. The van der Waals surface area contributed by atoms with Crippen LogP contribution >= 0.6 is 0 Å². The van der Waals surface area contributed by atoms with E-state index in [4.69, 9.17) is 0 Å². The zero-order chi connectivity index (χ0) is 13.4. The van der Waals surface area contributed by atoms with E-state index in [2.05, 4.69) is 61.8 Å². The van der Waals surface area contributed by atoms with E-state index in [1.165, 1.54) is 38.5 Å². The van der Waals surface area contributed by atoms with E-state index in [0.29, 0.717) is 0 Å². The zero-order valence-electron chi connectivity index (χ0n) is 11.6. The van der Waals surface area contributed by atoms with Crippen LogP contribution in [-0.2, 0) is 6.42 Å². The molecule has 0 radical (unpaired) electrons. The van der Waals surface area contributed by atoms with Crippen LogP contribution in [0.4, 0.5) is 0 Å². The van der Waals surface area contributed by atoms with E-state index in [1.54, 1.807) is 0 Å². The topological polar surface area (TPSA) is 15.8 Å². The molecule has 0 atom stereocenters. The van der Waals surface area contributed by atoms with E-state index in [0.717, 1.165) is 12.8 Å². The van der Waals surface area contributed by atoms with E-state index in [1.807, 2.05) is 0 Å². The van der Waals surface area contributed by atoms with Gasteiger partial charge < -0.3 is 4.98 Å². The fraction of sp³-hybridized carbons (Fsp3) is 0.222. The smallest absolute Gasteiger partial charge is 0.0491 e. The Bertz CT molecular complexity index is 759. The molecule has 1 aliphatic carbocycles. The third-order valence-corrected chi connectivity index (χ3v) is 4.02. The second-order valence-electron chi connectivity index (χ2n) is 5.25. The number of benzene rings is 1. The van der Waals surface area contributed by atoms with Gasteiger partial charge in [0, 0.05) is 11.0 Å². The number of aromatic amines is 1. The van der Waals surface area contributed by atoms with Gasteiger partial charge in [-0.3, -0.25) is 0 Å². The fourth-order valence-electron chi connectivity index (χ4n) is 2.90. The number of nitrogens with one attached hydrogen (secondary N) is 1. The maximum absolute atomic E-state index is 4.28. The molecule has 0 amide bonds. The molecule has 1 heteroatoms. The normalized spacial score (nSPS) is 15.3. The Hall–Kier alpha value is -2.02. The van der Waals surface area contributed by atoms with Gasteiger partial charge in [0.1, 0.15) is 0 Å². The molecule has 1 aliphatic rings. The quantitative estimate of drug-likeness (QED) is 0.800. The number of aromatic nitrogens is 1. The van der Waals surface area contributed by atoms with Gasteiger partial charge in [-0.25, -0.2) is 0 Å². The maximum atomic E-state index is 4.28. The summed E-state index contributed by atoms with van der Waals surface area (Å²) >= 11 is 0. The summed E-state index contributed by atoms with van der Waals surface area (Å²) in [6.07, 6.45) is 6.63. The third-order valence-electron chi connectivity index (χ3n) is 4.02. The molecule has 0 bridgehead atoms. The fourth-order valence-corrected chi connectivity index (χ4v) is 2.90. The van der Waals surface area contributed by atoms with Crippen LogP contribution in [-0.4, -0.2) is 4.98 Å². The summed E-state index contributed by atoms with van der Waals surface area (Å²) in [6, 6.07) is 8.52. The minimum absolute atomic E-state index is 1.10. The standard InChI is InChI=1S/C18H19N/c1-12-8-4-5-9-15(12)13(2)18-14(3)16-10-6-7-11-17(16)19-18/h4-5,7-9,11,19H,3,6,10H2,1-2H3/b18-13+. The lowest BCUT2D eigenvalue weighted by Crippen LogP contribution is -2.26. The van der Waals surface area contributed by atoms with Crippen molar-refractivity contribution >= 4 is 18.2 Å². The predicted octanol–water partition coefficient (Wildman–Crippen LogP) is 2.91. The molecule has 1 nitrogen and oxygen atoms in total. The summed E-state index contributed by atoms with van der Waals surface area (Å²) < 4.78 is 0. The average molecular weight is 249 g/mol. The Morgan fingerprint density at radius 3 is 2.79 bits per heavy atom. The molecule has 0 saturated carbocycles. The minimum Gasteiger partial charge on any atom is -0.355 e. The van der Waals surface area contributed by atoms with Crippen molar-refractivity contribution in [3.63, 3.8) is 0 Å². The van der Waals surface area contributed by atoms with Crippen molar-refractivity contribution in [1.29, 1.82) is 0 Å². The number of H-pyrrole nitrogens is 1. The van der Waals surface area contributed by atoms with Crippen molar-refractivity contribution in [2.75, 3.05) is 0 Å². The highest BCUT2D eigenvalue weighted by Crippen LogP contribution is 2.16. The van der Waals surface area contributed by atoms with Crippen LogP contribution in [0.2, 0.25) is 0 Å². The van der Waals surface area contributed by atoms with Gasteiger partial charge in [-0.15, -0.1) is 0 Å². The number of allylic oxidation sites excluding steroid dienone is 1. The molecular weight excluding hydrogens is 230 g/mol. The first kappa shape index (κ1) is 12.0. The molecule has 0 saturated heterocycles. The number of fused-ring (bicyclic) bond motifs is 1. The summed E-state index contributed by atoms with van der Waals surface area (Å²) in [7, 11) is 0. The Kier molecular flexibility index (Phi) is 2.90. The first-order chi connectivity index (χ1) is 9.18. The van der Waals surface area contributed by atoms with E-state index in [-0.39, 0.29) is 0 Å². The predicted molar refractivity (Wildman–Crippen MR) is 82.3 cm³/mol. The molecular formula is C18H19N. The van der Waals surface area contributed by atoms with Crippen LogP contribution in [0.15, 0.2) is 30.3 Å². The first-order valence-electron chi connectivity index (χ1n) is 6.81. The Balaban J connectivity index is 2.30. The van der Waals surface area contributed by atoms with Gasteiger partial charge in [0.2, 0.25) is 0 Å². The molecule has 19 heavy (non-hydrogen) atoms. The molecule has 0 aliphatic heterocycles. The monoisotopic (exact) mass is 249 g/mol. The average Bonchev–Trinajstić information content (AvgIpc) is 2.77. The third kappa shape index (κ3) is 1.95. The molecule has 0 unspecified atom stereocenters. The number of rotatable bonds is 1. The first-order valence-corrected chi connectivity index (χ1v) is 6.81. The lowest BCUT2D eigenvalue weighted by Gasteiger charge is -2.04. The van der Waals surface area contributed by atoms with Crippen LogP contribution in [0.1, 0.15) is 35.7 Å². The summed E-state index contributed by atoms with van der Waals surface area (Å²) in [6.45, 7) is 8.62. The minimum atomic E-state index is 1.10. The molecule has 1 aromatic carbocycles. The van der Waals surface area contributed by atoms with E-state index >= 15 is 0 Å². The SMILES string of the molecule is C=c1c2c([nH]/c1=C(\C)c1ccccc1C)C=CCC2. The van der Waals surface area contributed by atoms with E-state index in [9.17, 15) is 0 Å².